The summed E-state index contributed by atoms with van der Waals surface area (Å²) in [6.45, 7) is 5.78. The molecule has 2 rings (SSSR count). The van der Waals surface area contributed by atoms with E-state index in [1.165, 1.54) is 8.61 Å². The molecule has 9 heteroatoms. The fourth-order valence-electron chi connectivity index (χ4n) is 2.66. The van der Waals surface area contributed by atoms with Gasteiger partial charge in [0, 0.05) is 52.4 Å². The lowest BCUT2D eigenvalue weighted by molar-refractivity contribution is -0.143. The first-order valence-corrected chi connectivity index (χ1v) is 8.62. The van der Waals surface area contributed by atoms with E-state index < -0.39 is 22.2 Å². The van der Waals surface area contributed by atoms with Gasteiger partial charge in [0.05, 0.1) is 0 Å². The molecule has 0 saturated carbocycles. The molecule has 2 fully saturated rings. The molecular weight excluding hydrogens is 296 g/mol. The highest BCUT2D eigenvalue weighted by Crippen LogP contribution is 2.15. The number of likely N-dealkylation sites (N-methyl/N-ethyl adjacent to an activating group) is 1. The maximum absolute atomic E-state index is 12.6. The summed E-state index contributed by atoms with van der Waals surface area (Å²) in [4.78, 5) is 14.9. The number of piperazine rings is 2. The largest absolute Gasteiger partial charge is 0.480 e. The van der Waals surface area contributed by atoms with E-state index in [4.69, 9.17) is 5.11 Å². The molecular formula is C12H24N4O4S. The minimum atomic E-state index is -3.41. The monoisotopic (exact) mass is 320 g/mol. The van der Waals surface area contributed by atoms with E-state index in [9.17, 15) is 13.2 Å². The molecule has 1 N–H and O–H groups in total. The van der Waals surface area contributed by atoms with Gasteiger partial charge in [0.25, 0.3) is 10.2 Å². The van der Waals surface area contributed by atoms with Crippen molar-refractivity contribution < 1.29 is 18.3 Å². The van der Waals surface area contributed by atoms with E-state index in [2.05, 4.69) is 4.90 Å². The second kappa shape index (κ2) is 6.57. The predicted octanol–water partition coefficient (Wildman–Crippen LogP) is -1.43. The third-order valence-electron chi connectivity index (χ3n) is 4.29. The van der Waals surface area contributed by atoms with Crippen LogP contribution in [-0.2, 0) is 15.0 Å². The van der Waals surface area contributed by atoms with Gasteiger partial charge in [0.1, 0.15) is 6.04 Å². The number of carboxylic acids is 1. The number of carboxylic acid groups (broad SMARTS) is 1. The summed E-state index contributed by atoms with van der Waals surface area (Å²) in [7, 11) is -1.43. The van der Waals surface area contributed by atoms with E-state index in [1.54, 1.807) is 11.8 Å². The van der Waals surface area contributed by atoms with Gasteiger partial charge in [-0.15, -0.1) is 0 Å². The van der Waals surface area contributed by atoms with E-state index in [0.717, 1.165) is 13.1 Å². The fourth-order valence-corrected chi connectivity index (χ4v) is 4.24. The minimum Gasteiger partial charge on any atom is -0.480 e. The molecule has 122 valence electrons. The Morgan fingerprint density at radius 2 is 1.38 bits per heavy atom. The first kappa shape index (κ1) is 16.6. The van der Waals surface area contributed by atoms with Gasteiger partial charge < -0.3 is 10.0 Å². The highest BCUT2D eigenvalue weighted by molar-refractivity contribution is 7.86. The Hall–Kier alpha value is -0.740. The molecule has 0 radical (unpaired) electrons. The van der Waals surface area contributed by atoms with Crippen molar-refractivity contribution in [3.63, 3.8) is 0 Å². The molecule has 0 aliphatic carbocycles. The molecule has 0 bridgehead atoms. The Bertz CT molecular complexity index is 468. The molecule has 0 amide bonds. The quantitative estimate of drug-likeness (QED) is 0.684. The van der Waals surface area contributed by atoms with Crippen molar-refractivity contribution in [1.29, 1.82) is 0 Å². The summed E-state index contributed by atoms with van der Waals surface area (Å²) >= 11 is 0. The Labute approximate surface area is 126 Å². The van der Waals surface area contributed by atoms with Crippen molar-refractivity contribution >= 4 is 16.2 Å². The average Bonchev–Trinajstić information content (AvgIpc) is 2.47. The molecule has 1 atom stereocenters. The van der Waals surface area contributed by atoms with Crippen LogP contribution in [-0.4, -0.2) is 103 Å². The van der Waals surface area contributed by atoms with Gasteiger partial charge in [-0.2, -0.15) is 17.0 Å². The lowest BCUT2D eigenvalue weighted by atomic mass is 10.2. The van der Waals surface area contributed by atoms with E-state index in [-0.39, 0.29) is 0 Å². The Morgan fingerprint density at radius 3 is 1.81 bits per heavy atom. The average molecular weight is 320 g/mol. The van der Waals surface area contributed by atoms with Gasteiger partial charge in [-0.05, 0) is 14.0 Å². The normalized spacial score (nSPS) is 25.8. The van der Waals surface area contributed by atoms with E-state index >= 15 is 0 Å². The number of hydrogen-bond donors (Lipinski definition) is 1. The van der Waals surface area contributed by atoms with Crippen molar-refractivity contribution in [3.05, 3.63) is 0 Å². The van der Waals surface area contributed by atoms with Crippen molar-refractivity contribution in [1.82, 2.24) is 18.4 Å². The third kappa shape index (κ3) is 3.72. The molecule has 2 saturated heterocycles. The van der Waals surface area contributed by atoms with Crippen LogP contribution in [0, 0.1) is 0 Å². The lowest BCUT2D eigenvalue weighted by Crippen LogP contribution is -2.58. The third-order valence-corrected chi connectivity index (χ3v) is 6.33. The number of aliphatic carboxylic acids is 1. The smallest absolute Gasteiger partial charge is 0.320 e. The summed E-state index contributed by atoms with van der Waals surface area (Å²) in [5, 5.41) is 9.00. The van der Waals surface area contributed by atoms with Gasteiger partial charge in [0.2, 0.25) is 0 Å². The highest BCUT2D eigenvalue weighted by atomic mass is 32.2. The summed E-state index contributed by atoms with van der Waals surface area (Å²) in [5.41, 5.74) is 0. The highest BCUT2D eigenvalue weighted by Gasteiger charge is 2.35. The molecule has 8 nitrogen and oxygen atoms in total. The van der Waals surface area contributed by atoms with E-state index in [0.29, 0.717) is 39.3 Å². The van der Waals surface area contributed by atoms with Crippen LogP contribution < -0.4 is 0 Å². The molecule has 21 heavy (non-hydrogen) atoms. The maximum Gasteiger partial charge on any atom is 0.320 e. The zero-order valence-electron chi connectivity index (χ0n) is 12.6. The van der Waals surface area contributed by atoms with Gasteiger partial charge >= 0.3 is 5.97 Å². The first-order valence-electron chi connectivity index (χ1n) is 7.23. The van der Waals surface area contributed by atoms with Crippen LogP contribution in [0.2, 0.25) is 0 Å². The summed E-state index contributed by atoms with van der Waals surface area (Å²) in [5.74, 6) is -0.870. The SMILES string of the molecule is CC(C(=O)O)N1CCN(S(=O)(=O)N2CCN(C)CC2)CC1. The van der Waals surface area contributed by atoms with Crippen molar-refractivity contribution in [3.8, 4) is 0 Å². The van der Waals surface area contributed by atoms with Gasteiger partial charge in [-0.25, -0.2) is 0 Å². The second-order valence-electron chi connectivity index (χ2n) is 5.66. The molecule has 0 aromatic carbocycles. The number of rotatable bonds is 4. The topological polar surface area (TPSA) is 84.4 Å². The van der Waals surface area contributed by atoms with Gasteiger partial charge in [-0.3, -0.25) is 9.69 Å². The summed E-state index contributed by atoms with van der Waals surface area (Å²) in [6.07, 6.45) is 0. The second-order valence-corrected chi connectivity index (χ2v) is 7.59. The van der Waals surface area contributed by atoms with Crippen LogP contribution in [0.15, 0.2) is 0 Å². The molecule has 0 spiro atoms. The molecule has 2 heterocycles. The zero-order chi connectivity index (χ0) is 15.6. The van der Waals surface area contributed by atoms with Gasteiger partial charge in [-0.1, -0.05) is 0 Å². The predicted molar refractivity (Wildman–Crippen MR) is 78.2 cm³/mol. The number of nitrogens with zero attached hydrogens (tertiary/aromatic N) is 4. The van der Waals surface area contributed by atoms with Crippen molar-refractivity contribution in [2.45, 2.75) is 13.0 Å². The number of carbonyl (C=O) groups is 1. The minimum absolute atomic E-state index is 0.353. The summed E-state index contributed by atoms with van der Waals surface area (Å²) in [6, 6.07) is -0.571. The fraction of sp³-hybridized carbons (Fsp3) is 0.917. The Balaban J connectivity index is 1.93. The van der Waals surface area contributed by atoms with Crippen LogP contribution in [0.3, 0.4) is 0 Å². The molecule has 0 aromatic rings. The van der Waals surface area contributed by atoms with Crippen LogP contribution in [0.5, 0.6) is 0 Å². The molecule has 1 unspecified atom stereocenters. The van der Waals surface area contributed by atoms with Crippen LogP contribution >= 0.6 is 0 Å². The van der Waals surface area contributed by atoms with Gasteiger partial charge in [0.15, 0.2) is 0 Å². The Morgan fingerprint density at radius 1 is 0.952 bits per heavy atom. The van der Waals surface area contributed by atoms with Crippen LogP contribution in [0.25, 0.3) is 0 Å². The molecule has 2 aliphatic heterocycles. The zero-order valence-corrected chi connectivity index (χ0v) is 13.4. The number of hydrogen-bond acceptors (Lipinski definition) is 5. The summed E-state index contributed by atoms with van der Waals surface area (Å²) < 4.78 is 28.1. The van der Waals surface area contributed by atoms with Crippen molar-refractivity contribution in [2.24, 2.45) is 0 Å². The maximum atomic E-state index is 12.6. The first-order chi connectivity index (χ1) is 9.82. The van der Waals surface area contributed by atoms with Crippen molar-refractivity contribution in [2.75, 3.05) is 59.4 Å². The standard InChI is InChI=1S/C12H24N4O4S/c1-11(12(17)18)14-5-9-16(10-6-14)21(19,20)15-7-3-13(2)4-8-15/h11H,3-10H2,1-2H3,(H,17,18). The lowest BCUT2D eigenvalue weighted by Gasteiger charge is -2.39. The van der Waals surface area contributed by atoms with Crippen LogP contribution in [0.1, 0.15) is 6.92 Å². The molecule has 2 aliphatic rings. The molecule has 0 aromatic heterocycles. The van der Waals surface area contributed by atoms with E-state index in [1.807, 2.05) is 7.05 Å². The Kier molecular flexibility index (Phi) is 5.20. The van der Waals surface area contributed by atoms with Crippen LogP contribution in [0.4, 0.5) is 0 Å².